The van der Waals surface area contributed by atoms with Gasteiger partial charge in [0.25, 0.3) is 0 Å². The number of carbonyl (C=O) groups is 2. The van der Waals surface area contributed by atoms with Gasteiger partial charge in [0.05, 0.1) is 13.2 Å². The summed E-state index contributed by atoms with van der Waals surface area (Å²) >= 11 is 0. The van der Waals surface area contributed by atoms with Crippen LogP contribution in [-0.4, -0.2) is 25.2 Å². The second kappa shape index (κ2) is 11.4. The Bertz CT molecular complexity index is 330. The van der Waals surface area contributed by atoms with Gasteiger partial charge in [-0.25, -0.2) is 9.59 Å². The molecule has 0 saturated heterocycles. The zero-order valence-corrected chi connectivity index (χ0v) is 13.1. The van der Waals surface area contributed by atoms with Crippen molar-refractivity contribution in [3.8, 4) is 0 Å². The average molecular weight is 296 g/mol. The van der Waals surface area contributed by atoms with Gasteiger partial charge in [-0.15, -0.1) is 0 Å². The Morgan fingerprint density at radius 3 is 2.24 bits per heavy atom. The van der Waals surface area contributed by atoms with Crippen molar-refractivity contribution in [2.75, 3.05) is 13.2 Å². The molecule has 1 aliphatic rings. The lowest BCUT2D eigenvalue weighted by atomic mass is 10.1. The fourth-order valence-electron chi connectivity index (χ4n) is 2.49. The lowest BCUT2D eigenvalue weighted by Crippen LogP contribution is -2.10. The third kappa shape index (κ3) is 9.27. The average Bonchev–Trinajstić information content (AvgIpc) is 3.00. The molecule has 1 fully saturated rings. The molecule has 0 heterocycles. The van der Waals surface area contributed by atoms with E-state index in [4.69, 9.17) is 9.47 Å². The monoisotopic (exact) mass is 296 g/mol. The van der Waals surface area contributed by atoms with Gasteiger partial charge >= 0.3 is 11.9 Å². The van der Waals surface area contributed by atoms with Crippen molar-refractivity contribution in [2.24, 2.45) is 5.92 Å². The number of hydrogen-bond donors (Lipinski definition) is 0. The summed E-state index contributed by atoms with van der Waals surface area (Å²) < 4.78 is 10.1. The number of hydrogen-bond acceptors (Lipinski definition) is 4. The van der Waals surface area contributed by atoms with E-state index in [1.165, 1.54) is 32.1 Å². The topological polar surface area (TPSA) is 52.6 Å². The molecule has 0 N–H and O–H groups in total. The Morgan fingerprint density at radius 2 is 1.57 bits per heavy atom. The summed E-state index contributed by atoms with van der Waals surface area (Å²) in [5.74, 6) is -0.428. The molecule has 0 aliphatic heterocycles. The molecule has 0 bridgehead atoms. The minimum absolute atomic E-state index is 0.421. The van der Waals surface area contributed by atoms with Crippen molar-refractivity contribution >= 4 is 11.9 Å². The minimum Gasteiger partial charge on any atom is -0.463 e. The summed E-state index contributed by atoms with van der Waals surface area (Å²) in [5.41, 5.74) is 0. The molecule has 1 aliphatic carbocycles. The van der Waals surface area contributed by atoms with E-state index in [0.717, 1.165) is 37.8 Å². The van der Waals surface area contributed by atoms with Gasteiger partial charge in [0.1, 0.15) is 0 Å². The summed E-state index contributed by atoms with van der Waals surface area (Å²) in [6, 6.07) is 0. The SMILES string of the molecule is CCCCCCCOC(=O)/C=C/C(=O)OCC1CCCC1. The van der Waals surface area contributed by atoms with Crippen LogP contribution in [0.4, 0.5) is 0 Å². The summed E-state index contributed by atoms with van der Waals surface area (Å²) in [7, 11) is 0. The fourth-order valence-corrected chi connectivity index (χ4v) is 2.49. The summed E-state index contributed by atoms with van der Waals surface area (Å²) in [5, 5.41) is 0. The van der Waals surface area contributed by atoms with E-state index in [1.807, 2.05) is 0 Å². The van der Waals surface area contributed by atoms with Crippen molar-refractivity contribution in [2.45, 2.75) is 64.7 Å². The maximum Gasteiger partial charge on any atom is 0.331 e. The molecule has 0 aromatic carbocycles. The molecule has 0 aromatic rings. The Kier molecular flexibility index (Phi) is 9.58. The number of unbranched alkanes of at least 4 members (excludes halogenated alkanes) is 4. The number of esters is 2. The Balaban J connectivity index is 2.02. The van der Waals surface area contributed by atoms with Gasteiger partial charge in [-0.3, -0.25) is 0 Å². The van der Waals surface area contributed by atoms with Crippen LogP contribution in [0.2, 0.25) is 0 Å². The zero-order chi connectivity index (χ0) is 15.3. The van der Waals surface area contributed by atoms with Crippen LogP contribution in [-0.2, 0) is 19.1 Å². The lowest BCUT2D eigenvalue weighted by molar-refractivity contribution is -0.141. The maximum atomic E-state index is 11.4. The van der Waals surface area contributed by atoms with E-state index in [2.05, 4.69) is 6.92 Å². The van der Waals surface area contributed by atoms with E-state index in [1.54, 1.807) is 0 Å². The van der Waals surface area contributed by atoms with Gasteiger partial charge in [0, 0.05) is 12.2 Å². The molecule has 4 nitrogen and oxygen atoms in total. The molecule has 0 unspecified atom stereocenters. The van der Waals surface area contributed by atoms with E-state index in [0.29, 0.717) is 19.1 Å². The first-order valence-corrected chi connectivity index (χ1v) is 8.24. The molecule has 4 heteroatoms. The van der Waals surface area contributed by atoms with E-state index in [9.17, 15) is 9.59 Å². The molecule has 0 atom stereocenters. The minimum atomic E-state index is -0.469. The lowest BCUT2D eigenvalue weighted by Gasteiger charge is -2.07. The van der Waals surface area contributed by atoms with Crippen molar-refractivity contribution in [3.63, 3.8) is 0 Å². The Hall–Kier alpha value is -1.32. The van der Waals surface area contributed by atoms with Crippen molar-refractivity contribution in [3.05, 3.63) is 12.2 Å². The molecular formula is C17H28O4. The highest BCUT2D eigenvalue weighted by molar-refractivity contribution is 5.91. The zero-order valence-electron chi connectivity index (χ0n) is 13.1. The van der Waals surface area contributed by atoms with E-state index >= 15 is 0 Å². The highest BCUT2D eigenvalue weighted by Gasteiger charge is 2.16. The van der Waals surface area contributed by atoms with Crippen LogP contribution in [0.1, 0.15) is 64.7 Å². The quantitative estimate of drug-likeness (QED) is 0.349. The normalized spacial score (nSPS) is 15.5. The van der Waals surface area contributed by atoms with Crippen molar-refractivity contribution < 1.29 is 19.1 Å². The summed E-state index contributed by atoms with van der Waals surface area (Å²) in [4.78, 5) is 22.8. The van der Waals surface area contributed by atoms with Crippen LogP contribution < -0.4 is 0 Å². The first-order valence-electron chi connectivity index (χ1n) is 8.24. The standard InChI is InChI=1S/C17H28O4/c1-2-3-4-5-8-13-20-16(18)11-12-17(19)21-14-15-9-6-7-10-15/h11-12,15H,2-10,13-14H2,1H3/b12-11+. The van der Waals surface area contributed by atoms with Crippen LogP contribution in [0.5, 0.6) is 0 Å². The van der Waals surface area contributed by atoms with Gasteiger partial charge in [-0.05, 0) is 25.2 Å². The predicted octanol–water partition coefficient (Wildman–Crippen LogP) is 3.79. The van der Waals surface area contributed by atoms with Gasteiger partial charge in [-0.2, -0.15) is 0 Å². The Morgan fingerprint density at radius 1 is 0.952 bits per heavy atom. The van der Waals surface area contributed by atoms with E-state index < -0.39 is 11.9 Å². The smallest absolute Gasteiger partial charge is 0.331 e. The molecule has 0 amide bonds. The number of carbonyl (C=O) groups excluding carboxylic acids is 2. The van der Waals surface area contributed by atoms with E-state index in [-0.39, 0.29) is 0 Å². The third-order valence-electron chi connectivity index (χ3n) is 3.78. The molecule has 120 valence electrons. The Labute approximate surface area is 127 Å². The predicted molar refractivity (Wildman–Crippen MR) is 81.8 cm³/mol. The van der Waals surface area contributed by atoms with Gasteiger partial charge in [0.15, 0.2) is 0 Å². The maximum absolute atomic E-state index is 11.4. The van der Waals surface area contributed by atoms with Crippen molar-refractivity contribution in [1.82, 2.24) is 0 Å². The number of ether oxygens (including phenoxy) is 2. The van der Waals surface area contributed by atoms with Crippen molar-refractivity contribution in [1.29, 1.82) is 0 Å². The molecule has 1 saturated carbocycles. The molecule has 0 aromatic heterocycles. The molecule has 1 rings (SSSR count). The van der Waals surface area contributed by atoms with Gasteiger partial charge in [0.2, 0.25) is 0 Å². The van der Waals surface area contributed by atoms with Gasteiger partial charge in [-0.1, -0.05) is 45.4 Å². The first-order chi connectivity index (χ1) is 10.2. The fraction of sp³-hybridized carbons (Fsp3) is 0.765. The summed E-state index contributed by atoms with van der Waals surface area (Å²) in [6.45, 7) is 3.05. The van der Waals surface area contributed by atoms with Gasteiger partial charge < -0.3 is 9.47 Å². The molecule has 0 radical (unpaired) electrons. The largest absolute Gasteiger partial charge is 0.463 e. The molecular weight excluding hydrogens is 268 g/mol. The molecule has 0 spiro atoms. The number of rotatable bonds is 10. The first kappa shape index (κ1) is 17.7. The van der Waals surface area contributed by atoms with Crippen LogP contribution in [0, 0.1) is 5.92 Å². The highest BCUT2D eigenvalue weighted by atomic mass is 16.5. The second-order valence-electron chi connectivity index (χ2n) is 5.70. The van der Waals surface area contributed by atoms with Crippen LogP contribution >= 0.6 is 0 Å². The van der Waals surface area contributed by atoms with Crippen LogP contribution in [0.15, 0.2) is 12.2 Å². The second-order valence-corrected chi connectivity index (χ2v) is 5.70. The molecule has 21 heavy (non-hydrogen) atoms. The summed E-state index contributed by atoms with van der Waals surface area (Å²) in [6.07, 6.45) is 12.6. The van der Waals surface area contributed by atoms with Crippen LogP contribution in [0.25, 0.3) is 0 Å². The van der Waals surface area contributed by atoms with Crippen LogP contribution in [0.3, 0.4) is 0 Å². The third-order valence-corrected chi connectivity index (χ3v) is 3.78. The highest BCUT2D eigenvalue weighted by Crippen LogP contribution is 2.24.